The number of aromatic amines is 1. The Labute approximate surface area is 133 Å². The molecule has 1 N–H and O–H groups in total. The molecule has 23 heavy (non-hydrogen) atoms. The quantitative estimate of drug-likeness (QED) is 0.782. The summed E-state index contributed by atoms with van der Waals surface area (Å²) in [4.78, 5) is 14.6. The van der Waals surface area contributed by atoms with Crippen molar-refractivity contribution in [1.82, 2.24) is 25.5 Å². The van der Waals surface area contributed by atoms with Gasteiger partial charge in [-0.05, 0) is 13.8 Å². The standard InChI is InChI=1S/C16H17N5O2/c1-3-21(9-13-17-19-20-18-13)16(22)14-11(2)10-23-15(14)12-7-5-4-6-8-12/h4-8,10H,3,9H2,1-2H3,(H,17,18,19,20). The normalized spacial score (nSPS) is 10.7. The number of nitrogens with one attached hydrogen (secondary N) is 1. The number of hydrogen-bond acceptors (Lipinski definition) is 5. The van der Waals surface area contributed by atoms with E-state index in [0.29, 0.717) is 30.2 Å². The molecule has 0 bridgehead atoms. The lowest BCUT2D eigenvalue weighted by molar-refractivity contribution is 0.0748. The fraction of sp³-hybridized carbons (Fsp3) is 0.250. The van der Waals surface area contributed by atoms with Gasteiger partial charge >= 0.3 is 0 Å². The van der Waals surface area contributed by atoms with E-state index in [1.54, 1.807) is 11.2 Å². The lowest BCUT2D eigenvalue weighted by Crippen LogP contribution is -2.31. The molecule has 3 aromatic rings. The van der Waals surface area contributed by atoms with Gasteiger partial charge in [-0.2, -0.15) is 5.21 Å². The fourth-order valence-electron chi connectivity index (χ4n) is 2.42. The van der Waals surface area contributed by atoms with Crippen LogP contribution in [0.5, 0.6) is 0 Å². The summed E-state index contributed by atoms with van der Waals surface area (Å²) in [5.41, 5.74) is 2.25. The van der Waals surface area contributed by atoms with Crippen LogP contribution in [0.2, 0.25) is 0 Å². The van der Waals surface area contributed by atoms with Gasteiger partial charge in [-0.15, -0.1) is 10.2 Å². The van der Waals surface area contributed by atoms with Crippen LogP contribution in [0.25, 0.3) is 11.3 Å². The Bertz CT molecular complexity index is 780. The molecule has 1 aromatic carbocycles. The predicted octanol–water partition coefficient (Wildman–Crippen LogP) is 2.43. The van der Waals surface area contributed by atoms with Crippen molar-refractivity contribution in [3.8, 4) is 11.3 Å². The first-order valence-electron chi connectivity index (χ1n) is 7.35. The lowest BCUT2D eigenvalue weighted by atomic mass is 10.0. The molecule has 0 saturated carbocycles. The molecule has 118 valence electrons. The maximum atomic E-state index is 13.0. The van der Waals surface area contributed by atoms with Crippen LogP contribution in [0, 0.1) is 6.92 Å². The molecule has 0 fully saturated rings. The van der Waals surface area contributed by atoms with E-state index in [9.17, 15) is 4.79 Å². The van der Waals surface area contributed by atoms with Crippen LogP contribution < -0.4 is 0 Å². The Kier molecular flexibility index (Phi) is 4.18. The number of amides is 1. The number of furan rings is 1. The largest absolute Gasteiger partial charge is 0.463 e. The van der Waals surface area contributed by atoms with Gasteiger partial charge in [-0.3, -0.25) is 4.79 Å². The summed E-state index contributed by atoms with van der Waals surface area (Å²) < 4.78 is 5.64. The van der Waals surface area contributed by atoms with Crippen LogP contribution >= 0.6 is 0 Å². The first-order valence-corrected chi connectivity index (χ1v) is 7.35. The van der Waals surface area contributed by atoms with Crippen LogP contribution in [-0.2, 0) is 6.54 Å². The predicted molar refractivity (Wildman–Crippen MR) is 83.5 cm³/mol. The molecule has 7 heteroatoms. The molecule has 0 unspecified atom stereocenters. The highest BCUT2D eigenvalue weighted by atomic mass is 16.3. The van der Waals surface area contributed by atoms with Crippen LogP contribution in [0.15, 0.2) is 41.0 Å². The number of nitrogens with zero attached hydrogens (tertiary/aromatic N) is 4. The zero-order valence-electron chi connectivity index (χ0n) is 13.0. The van der Waals surface area contributed by atoms with Gasteiger partial charge in [-0.1, -0.05) is 35.5 Å². The molecule has 0 atom stereocenters. The monoisotopic (exact) mass is 311 g/mol. The van der Waals surface area contributed by atoms with E-state index < -0.39 is 0 Å². The molecule has 1 amide bonds. The van der Waals surface area contributed by atoms with Crippen molar-refractivity contribution in [1.29, 1.82) is 0 Å². The second-order valence-corrected chi connectivity index (χ2v) is 5.14. The zero-order chi connectivity index (χ0) is 16.2. The number of H-pyrrole nitrogens is 1. The Morgan fingerprint density at radius 1 is 1.30 bits per heavy atom. The highest BCUT2D eigenvalue weighted by Crippen LogP contribution is 2.29. The summed E-state index contributed by atoms with van der Waals surface area (Å²) in [6, 6.07) is 9.60. The van der Waals surface area contributed by atoms with Crippen molar-refractivity contribution in [2.45, 2.75) is 20.4 Å². The number of hydrogen-bond donors (Lipinski definition) is 1. The highest BCUT2D eigenvalue weighted by molar-refractivity contribution is 6.01. The first kappa shape index (κ1) is 15.0. The number of tetrazole rings is 1. The summed E-state index contributed by atoms with van der Waals surface area (Å²) >= 11 is 0. The van der Waals surface area contributed by atoms with Crippen molar-refractivity contribution < 1.29 is 9.21 Å². The van der Waals surface area contributed by atoms with E-state index in [-0.39, 0.29) is 5.91 Å². The van der Waals surface area contributed by atoms with Crippen molar-refractivity contribution >= 4 is 5.91 Å². The molecule has 0 saturated heterocycles. The van der Waals surface area contributed by atoms with Crippen molar-refractivity contribution in [3.63, 3.8) is 0 Å². The van der Waals surface area contributed by atoms with Gasteiger partial charge < -0.3 is 9.32 Å². The van der Waals surface area contributed by atoms with Crippen molar-refractivity contribution in [2.24, 2.45) is 0 Å². The first-order chi connectivity index (χ1) is 11.2. The van der Waals surface area contributed by atoms with E-state index in [2.05, 4.69) is 20.6 Å². The van der Waals surface area contributed by atoms with Gasteiger partial charge in [0, 0.05) is 17.7 Å². The van der Waals surface area contributed by atoms with Crippen LogP contribution in [0.3, 0.4) is 0 Å². The lowest BCUT2D eigenvalue weighted by Gasteiger charge is -2.19. The van der Waals surface area contributed by atoms with E-state index >= 15 is 0 Å². The van der Waals surface area contributed by atoms with Gasteiger partial charge in [0.05, 0.1) is 18.4 Å². The van der Waals surface area contributed by atoms with Gasteiger partial charge in [-0.25, -0.2) is 0 Å². The molecule has 2 heterocycles. The third-order valence-electron chi connectivity index (χ3n) is 3.62. The van der Waals surface area contributed by atoms with Crippen LogP contribution in [-0.4, -0.2) is 38.0 Å². The summed E-state index contributed by atoms with van der Waals surface area (Å²) in [6.07, 6.45) is 1.61. The molecule has 0 aliphatic heterocycles. The van der Waals surface area contributed by atoms with Crippen LogP contribution in [0.4, 0.5) is 0 Å². The molecule has 0 radical (unpaired) electrons. The minimum Gasteiger partial charge on any atom is -0.463 e. The molecule has 7 nitrogen and oxygen atoms in total. The molecular formula is C16H17N5O2. The third kappa shape index (κ3) is 2.98. The zero-order valence-corrected chi connectivity index (χ0v) is 13.0. The number of aromatic nitrogens is 4. The van der Waals surface area contributed by atoms with E-state index in [1.807, 2.05) is 44.2 Å². The number of rotatable bonds is 5. The Morgan fingerprint density at radius 2 is 2.09 bits per heavy atom. The fourth-order valence-corrected chi connectivity index (χ4v) is 2.42. The molecule has 0 aliphatic carbocycles. The minimum atomic E-state index is -0.109. The summed E-state index contributed by atoms with van der Waals surface area (Å²) in [5, 5.41) is 13.7. The summed E-state index contributed by atoms with van der Waals surface area (Å²) in [5.74, 6) is 0.949. The average Bonchev–Trinajstić information content (AvgIpc) is 3.22. The van der Waals surface area contributed by atoms with Crippen molar-refractivity contribution in [3.05, 3.63) is 53.5 Å². The van der Waals surface area contributed by atoms with E-state index in [4.69, 9.17) is 4.42 Å². The van der Waals surface area contributed by atoms with Gasteiger partial charge in [0.1, 0.15) is 5.76 Å². The minimum absolute atomic E-state index is 0.109. The smallest absolute Gasteiger partial charge is 0.258 e. The topological polar surface area (TPSA) is 87.9 Å². The maximum absolute atomic E-state index is 13.0. The second kappa shape index (κ2) is 6.43. The van der Waals surface area contributed by atoms with Crippen LogP contribution in [0.1, 0.15) is 28.7 Å². The second-order valence-electron chi connectivity index (χ2n) is 5.14. The third-order valence-corrected chi connectivity index (χ3v) is 3.62. The van der Waals surface area contributed by atoms with E-state index in [0.717, 1.165) is 11.1 Å². The van der Waals surface area contributed by atoms with E-state index in [1.165, 1.54) is 0 Å². The number of benzene rings is 1. The Hall–Kier alpha value is -2.96. The van der Waals surface area contributed by atoms with Gasteiger partial charge in [0.25, 0.3) is 5.91 Å². The number of carbonyl (C=O) groups excluding carboxylic acids is 1. The van der Waals surface area contributed by atoms with Crippen molar-refractivity contribution in [2.75, 3.05) is 6.54 Å². The summed E-state index contributed by atoms with van der Waals surface area (Å²) in [6.45, 7) is 4.61. The Morgan fingerprint density at radius 3 is 2.74 bits per heavy atom. The van der Waals surface area contributed by atoms with Gasteiger partial charge in [0.2, 0.25) is 0 Å². The molecular weight excluding hydrogens is 294 g/mol. The SMILES string of the molecule is CCN(Cc1nn[nH]n1)C(=O)c1c(C)coc1-c1ccccc1. The van der Waals surface area contributed by atoms with Gasteiger partial charge in [0.15, 0.2) is 5.82 Å². The maximum Gasteiger partial charge on any atom is 0.258 e. The molecule has 0 spiro atoms. The molecule has 0 aliphatic rings. The number of carbonyl (C=O) groups is 1. The number of aryl methyl sites for hydroxylation is 1. The Balaban J connectivity index is 1.94. The summed E-state index contributed by atoms with van der Waals surface area (Å²) in [7, 11) is 0. The highest BCUT2D eigenvalue weighted by Gasteiger charge is 2.24. The molecule has 3 rings (SSSR count). The molecule has 2 aromatic heterocycles. The average molecular weight is 311 g/mol.